The second-order valence-electron chi connectivity index (χ2n) is 7.11. The van der Waals surface area contributed by atoms with Crippen molar-refractivity contribution in [1.29, 1.82) is 0 Å². The van der Waals surface area contributed by atoms with Gasteiger partial charge in [-0.2, -0.15) is 0 Å². The third-order valence-electron chi connectivity index (χ3n) is 4.84. The molecule has 1 fully saturated rings. The van der Waals surface area contributed by atoms with Gasteiger partial charge in [-0.1, -0.05) is 45.0 Å². The van der Waals surface area contributed by atoms with E-state index in [1.807, 2.05) is 18.7 Å². The Morgan fingerprint density at radius 3 is 2.62 bits per heavy atom. The summed E-state index contributed by atoms with van der Waals surface area (Å²) in [6.07, 6.45) is 1.18. The van der Waals surface area contributed by atoms with Gasteiger partial charge in [0.15, 0.2) is 0 Å². The minimum absolute atomic E-state index is 0.0295. The van der Waals surface area contributed by atoms with Crippen LogP contribution in [0, 0.1) is 5.92 Å². The van der Waals surface area contributed by atoms with Crippen LogP contribution in [0.15, 0.2) is 24.3 Å². The van der Waals surface area contributed by atoms with Gasteiger partial charge < -0.3 is 20.7 Å². The number of hydrogen-bond acceptors (Lipinski definition) is 4. The molecule has 144 valence electrons. The molecule has 1 aliphatic rings. The van der Waals surface area contributed by atoms with Crippen molar-refractivity contribution in [1.82, 2.24) is 10.2 Å². The van der Waals surface area contributed by atoms with Crippen molar-refractivity contribution >= 4 is 11.8 Å². The van der Waals surface area contributed by atoms with Crippen LogP contribution < -0.4 is 11.1 Å². The van der Waals surface area contributed by atoms with E-state index in [0.717, 1.165) is 12.0 Å². The normalized spacial score (nSPS) is 18.7. The fourth-order valence-corrected chi connectivity index (χ4v) is 2.92. The van der Waals surface area contributed by atoms with E-state index < -0.39 is 6.04 Å². The average Bonchev–Trinajstić information content (AvgIpc) is 2.67. The lowest BCUT2D eigenvalue weighted by molar-refractivity contribution is -0.139. The zero-order valence-electron chi connectivity index (χ0n) is 16.0. The number of nitrogens with one attached hydrogen (secondary N) is 1. The van der Waals surface area contributed by atoms with Gasteiger partial charge in [0, 0.05) is 19.5 Å². The van der Waals surface area contributed by atoms with E-state index in [9.17, 15) is 9.59 Å². The Hall–Kier alpha value is -1.92. The number of hydrogen-bond donors (Lipinski definition) is 2. The molecule has 0 aliphatic carbocycles. The highest BCUT2D eigenvalue weighted by atomic mass is 16.5. The van der Waals surface area contributed by atoms with Gasteiger partial charge in [-0.25, -0.2) is 0 Å². The number of amides is 2. The van der Waals surface area contributed by atoms with Gasteiger partial charge in [0.05, 0.1) is 19.2 Å². The van der Waals surface area contributed by atoms with Crippen LogP contribution in [0.4, 0.5) is 0 Å². The lowest BCUT2D eigenvalue weighted by Crippen LogP contribution is -2.46. The molecule has 0 aromatic heterocycles. The Kier molecular flexibility index (Phi) is 7.60. The minimum Gasteiger partial charge on any atom is -0.370 e. The zero-order chi connectivity index (χ0) is 19.1. The molecule has 1 aromatic carbocycles. The zero-order valence-corrected chi connectivity index (χ0v) is 16.0. The van der Waals surface area contributed by atoms with Gasteiger partial charge in [0.1, 0.15) is 6.10 Å². The topological polar surface area (TPSA) is 84.7 Å². The standard InChI is InChI=1S/C20H31N3O3/c1-4-15-5-7-16(8-6-15)17-13-23(11-12-26-17)18(24)9-10-22-20(25)19(21)14(2)3/h5-8,14,17,19H,4,9-13,21H2,1-3H3,(H,22,25). The summed E-state index contributed by atoms with van der Waals surface area (Å²) in [5.74, 6) is -0.102. The smallest absolute Gasteiger partial charge is 0.237 e. The van der Waals surface area contributed by atoms with Crippen molar-refractivity contribution in [2.24, 2.45) is 11.7 Å². The first kappa shape index (κ1) is 20.4. The molecule has 2 unspecified atom stereocenters. The Bertz CT molecular complexity index is 601. The molecule has 2 rings (SSSR count). The van der Waals surface area contributed by atoms with Crippen LogP contribution in [0.2, 0.25) is 0 Å². The molecule has 0 spiro atoms. The molecule has 6 nitrogen and oxygen atoms in total. The van der Waals surface area contributed by atoms with Crippen LogP contribution in [0.1, 0.15) is 44.4 Å². The summed E-state index contributed by atoms with van der Waals surface area (Å²) in [5, 5.41) is 2.75. The SMILES string of the molecule is CCc1ccc(C2CN(C(=O)CCNC(=O)C(N)C(C)C)CCO2)cc1. The Balaban J connectivity index is 1.82. The molecule has 1 heterocycles. The van der Waals surface area contributed by atoms with Gasteiger partial charge >= 0.3 is 0 Å². The van der Waals surface area contributed by atoms with Crippen LogP contribution in [-0.2, 0) is 20.7 Å². The van der Waals surface area contributed by atoms with E-state index >= 15 is 0 Å². The summed E-state index contributed by atoms with van der Waals surface area (Å²) in [6.45, 7) is 7.89. The maximum absolute atomic E-state index is 12.4. The van der Waals surface area contributed by atoms with Crippen molar-refractivity contribution in [3.8, 4) is 0 Å². The van der Waals surface area contributed by atoms with Gasteiger partial charge in [-0.05, 0) is 23.5 Å². The van der Waals surface area contributed by atoms with Crippen molar-refractivity contribution in [2.45, 2.75) is 45.8 Å². The second-order valence-corrected chi connectivity index (χ2v) is 7.11. The fourth-order valence-electron chi connectivity index (χ4n) is 2.92. The number of carbonyl (C=O) groups excluding carboxylic acids is 2. The predicted molar refractivity (Wildman–Crippen MR) is 102 cm³/mol. The molecule has 0 radical (unpaired) electrons. The highest BCUT2D eigenvalue weighted by Crippen LogP contribution is 2.23. The quantitative estimate of drug-likeness (QED) is 0.773. The molecule has 2 atom stereocenters. The van der Waals surface area contributed by atoms with Crippen LogP contribution in [0.5, 0.6) is 0 Å². The Morgan fingerprint density at radius 2 is 2.00 bits per heavy atom. The molecule has 1 saturated heterocycles. The van der Waals surface area contributed by atoms with Crippen molar-refractivity contribution in [3.05, 3.63) is 35.4 Å². The summed E-state index contributed by atoms with van der Waals surface area (Å²) in [4.78, 5) is 26.1. The average molecular weight is 361 g/mol. The highest BCUT2D eigenvalue weighted by molar-refractivity contribution is 5.82. The predicted octanol–water partition coefficient (Wildman–Crippen LogP) is 1.64. The number of ether oxygens (including phenoxy) is 1. The van der Waals surface area contributed by atoms with Crippen LogP contribution >= 0.6 is 0 Å². The maximum atomic E-state index is 12.4. The monoisotopic (exact) mass is 361 g/mol. The van der Waals surface area contributed by atoms with E-state index in [0.29, 0.717) is 26.2 Å². The highest BCUT2D eigenvalue weighted by Gasteiger charge is 2.25. The third-order valence-corrected chi connectivity index (χ3v) is 4.84. The molecular formula is C20H31N3O3. The number of morpholine rings is 1. The molecule has 1 aliphatic heterocycles. The van der Waals surface area contributed by atoms with E-state index in [2.05, 4.69) is 36.5 Å². The number of benzene rings is 1. The summed E-state index contributed by atoms with van der Waals surface area (Å²) in [6, 6.07) is 7.82. The van der Waals surface area contributed by atoms with Crippen molar-refractivity contribution in [3.63, 3.8) is 0 Å². The van der Waals surface area contributed by atoms with Crippen LogP contribution in [0.25, 0.3) is 0 Å². The van der Waals surface area contributed by atoms with Gasteiger partial charge in [0.25, 0.3) is 0 Å². The number of nitrogens with two attached hydrogens (primary N) is 1. The van der Waals surface area contributed by atoms with Crippen LogP contribution in [0.3, 0.4) is 0 Å². The Morgan fingerprint density at radius 1 is 1.31 bits per heavy atom. The largest absolute Gasteiger partial charge is 0.370 e. The van der Waals surface area contributed by atoms with Crippen LogP contribution in [-0.4, -0.2) is 49.0 Å². The number of carbonyl (C=O) groups is 2. The van der Waals surface area contributed by atoms with Crippen molar-refractivity contribution in [2.75, 3.05) is 26.2 Å². The molecule has 26 heavy (non-hydrogen) atoms. The fraction of sp³-hybridized carbons (Fsp3) is 0.600. The molecule has 2 amide bonds. The third kappa shape index (κ3) is 5.54. The number of aryl methyl sites for hydroxylation is 1. The first-order chi connectivity index (χ1) is 12.4. The van der Waals surface area contributed by atoms with E-state index in [4.69, 9.17) is 10.5 Å². The van der Waals surface area contributed by atoms with Gasteiger partial charge in [0.2, 0.25) is 11.8 Å². The summed E-state index contributed by atoms with van der Waals surface area (Å²) >= 11 is 0. The Labute approximate surface area is 156 Å². The summed E-state index contributed by atoms with van der Waals surface area (Å²) in [7, 11) is 0. The van der Waals surface area contributed by atoms with E-state index in [1.165, 1.54) is 5.56 Å². The maximum Gasteiger partial charge on any atom is 0.237 e. The molecule has 3 N–H and O–H groups in total. The number of nitrogens with zero attached hydrogens (tertiary/aromatic N) is 1. The molecular weight excluding hydrogens is 330 g/mol. The molecule has 6 heteroatoms. The summed E-state index contributed by atoms with van der Waals surface area (Å²) in [5.41, 5.74) is 8.18. The van der Waals surface area contributed by atoms with E-state index in [-0.39, 0.29) is 30.3 Å². The van der Waals surface area contributed by atoms with Crippen molar-refractivity contribution < 1.29 is 14.3 Å². The minimum atomic E-state index is -0.538. The van der Waals surface area contributed by atoms with Gasteiger partial charge in [-0.3, -0.25) is 9.59 Å². The first-order valence-electron chi connectivity index (χ1n) is 9.43. The lowest BCUT2D eigenvalue weighted by Gasteiger charge is -2.33. The summed E-state index contributed by atoms with van der Waals surface area (Å²) < 4.78 is 5.84. The molecule has 0 bridgehead atoms. The number of rotatable bonds is 7. The van der Waals surface area contributed by atoms with Gasteiger partial charge in [-0.15, -0.1) is 0 Å². The molecule has 1 aromatic rings. The molecule has 0 saturated carbocycles. The lowest BCUT2D eigenvalue weighted by atomic mass is 10.0. The van der Waals surface area contributed by atoms with E-state index in [1.54, 1.807) is 0 Å². The second kappa shape index (κ2) is 9.69. The first-order valence-corrected chi connectivity index (χ1v) is 9.43.